The largest absolute Gasteiger partial charge is 0.461 e. The second-order valence-corrected chi connectivity index (χ2v) is 7.25. The number of rotatable bonds is 6. The first-order valence-corrected chi connectivity index (χ1v) is 9.14. The third kappa shape index (κ3) is 3.68. The molecule has 0 aliphatic rings. The van der Waals surface area contributed by atoms with E-state index in [1.165, 1.54) is 10.6 Å². The average molecular weight is 350 g/mol. The quantitative estimate of drug-likeness (QED) is 0.811. The minimum absolute atomic E-state index is 0.0848. The molecular formula is C17H22N2O4S. The van der Waals surface area contributed by atoms with Crippen molar-refractivity contribution in [3.63, 3.8) is 0 Å². The molecule has 0 radical (unpaired) electrons. The number of ether oxygens (including phenoxy) is 1. The Morgan fingerprint density at radius 1 is 1.25 bits per heavy atom. The maximum Gasteiger partial charge on any atom is 0.354 e. The standard InChI is InChI=1S/C17H22N2O4S/c1-5-23-17(20)15-10-16(13(3)19(15)4)24(21,22)18-11-14-9-7-6-8-12(14)2/h6-10,18H,5,11H2,1-4H3. The third-order valence-electron chi connectivity index (χ3n) is 3.98. The van der Waals surface area contributed by atoms with E-state index in [9.17, 15) is 13.2 Å². The summed E-state index contributed by atoms with van der Waals surface area (Å²) in [7, 11) is -2.09. The van der Waals surface area contributed by atoms with E-state index in [2.05, 4.69) is 4.72 Å². The van der Waals surface area contributed by atoms with Crippen LogP contribution in [0.3, 0.4) is 0 Å². The number of nitrogens with zero attached hydrogens (tertiary/aromatic N) is 1. The number of esters is 1. The van der Waals surface area contributed by atoms with Gasteiger partial charge in [-0.1, -0.05) is 24.3 Å². The Balaban J connectivity index is 2.28. The molecular weight excluding hydrogens is 328 g/mol. The summed E-state index contributed by atoms with van der Waals surface area (Å²) in [6.45, 7) is 5.71. The van der Waals surface area contributed by atoms with Crippen LogP contribution in [0.25, 0.3) is 0 Å². The van der Waals surface area contributed by atoms with Gasteiger partial charge in [0.2, 0.25) is 10.0 Å². The van der Waals surface area contributed by atoms with Crippen molar-refractivity contribution >= 4 is 16.0 Å². The first kappa shape index (κ1) is 18.2. The summed E-state index contributed by atoms with van der Waals surface area (Å²) in [5, 5.41) is 0. The molecule has 0 unspecified atom stereocenters. The highest BCUT2D eigenvalue weighted by Crippen LogP contribution is 2.20. The molecule has 24 heavy (non-hydrogen) atoms. The number of sulfonamides is 1. The Kier molecular flexibility index (Phi) is 5.46. The van der Waals surface area contributed by atoms with Gasteiger partial charge in [0.25, 0.3) is 0 Å². The predicted molar refractivity (Wildman–Crippen MR) is 91.3 cm³/mol. The Bertz CT molecular complexity index is 853. The molecule has 1 heterocycles. The molecule has 1 aromatic heterocycles. The van der Waals surface area contributed by atoms with Crippen molar-refractivity contribution in [1.82, 2.24) is 9.29 Å². The second kappa shape index (κ2) is 7.19. The highest BCUT2D eigenvalue weighted by molar-refractivity contribution is 7.89. The Morgan fingerprint density at radius 3 is 2.54 bits per heavy atom. The Labute approximate surface area is 142 Å². The summed E-state index contributed by atoms with van der Waals surface area (Å²) in [6, 6.07) is 8.92. The average Bonchev–Trinajstić information content (AvgIpc) is 2.83. The summed E-state index contributed by atoms with van der Waals surface area (Å²) in [5.41, 5.74) is 2.61. The SMILES string of the molecule is CCOC(=O)c1cc(S(=O)(=O)NCc2ccccc2C)c(C)n1C. The van der Waals surface area contributed by atoms with Crippen LogP contribution < -0.4 is 4.72 Å². The molecule has 0 bridgehead atoms. The number of aromatic nitrogens is 1. The van der Waals surface area contributed by atoms with E-state index in [4.69, 9.17) is 4.74 Å². The van der Waals surface area contributed by atoms with Gasteiger partial charge in [-0.2, -0.15) is 0 Å². The molecule has 0 aliphatic carbocycles. The zero-order valence-corrected chi connectivity index (χ0v) is 15.1. The Morgan fingerprint density at radius 2 is 1.92 bits per heavy atom. The van der Waals surface area contributed by atoms with E-state index in [1.807, 2.05) is 31.2 Å². The van der Waals surface area contributed by atoms with Crippen LogP contribution >= 0.6 is 0 Å². The van der Waals surface area contributed by atoms with Gasteiger partial charge in [-0.3, -0.25) is 0 Å². The van der Waals surface area contributed by atoms with Crippen LogP contribution in [0.2, 0.25) is 0 Å². The second-order valence-electron chi connectivity index (χ2n) is 5.51. The highest BCUT2D eigenvalue weighted by atomic mass is 32.2. The van der Waals surface area contributed by atoms with Crippen LogP contribution in [0.4, 0.5) is 0 Å². The lowest BCUT2D eigenvalue weighted by Gasteiger charge is -2.09. The Hall–Kier alpha value is -2.12. The minimum Gasteiger partial charge on any atom is -0.461 e. The lowest BCUT2D eigenvalue weighted by atomic mass is 10.1. The van der Waals surface area contributed by atoms with E-state index in [1.54, 1.807) is 20.9 Å². The van der Waals surface area contributed by atoms with Crippen LogP contribution in [0.5, 0.6) is 0 Å². The molecule has 6 nitrogen and oxygen atoms in total. The fourth-order valence-electron chi connectivity index (χ4n) is 2.40. The van der Waals surface area contributed by atoms with Gasteiger partial charge in [0, 0.05) is 19.3 Å². The molecule has 0 amide bonds. The maximum absolute atomic E-state index is 12.6. The van der Waals surface area contributed by atoms with Crippen molar-refractivity contribution in [2.75, 3.05) is 6.61 Å². The zero-order valence-electron chi connectivity index (χ0n) is 14.3. The van der Waals surface area contributed by atoms with Gasteiger partial charge in [0.15, 0.2) is 0 Å². The minimum atomic E-state index is -3.73. The molecule has 2 aromatic rings. The molecule has 0 spiro atoms. The van der Waals surface area contributed by atoms with E-state index >= 15 is 0 Å². The summed E-state index contributed by atoms with van der Waals surface area (Å²) >= 11 is 0. The third-order valence-corrected chi connectivity index (χ3v) is 5.49. The van der Waals surface area contributed by atoms with Gasteiger partial charge in [-0.15, -0.1) is 0 Å². The maximum atomic E-state index is 12.6. The summed E-state index contributed by atoms with van der Waals surface area (Å²) in [6.07, 6.45) is 0. The zero-order chi connectivity index (χ0) is 17.9. The molecule has 1 aromatic carbocycles. The molecule has 2 rings (SSSR count). The number of carbonyl (C=O) groups excluding carboxylic acids is 1. The van der Waals surface area contributed by atoms with E-state index in [0.29, 0.717) is 5.69 Å². The monoisotopic (exact) mass is 350 g/mol. The number of nitrogens with one attached hydrogen (secondary N) is 1. The number of benzene rings is 1. The lowest BCUT2D eigenvalue weighted by molar-refractivity contribution is 0.0515. The molecule has 0 saturated heterocycles. The van der Waals surface area contributed by atoms with Crippen molar-refractivity contribution in [2.24, 2.45) is 7.05 Å². The number of carbonyl (C=O) groups is 1. The molecule has 0 fully saturated rings. The van der Waals surface area contributed by atoms with Gasteiger partial charge in [-0.05, 0) is 38.0 Å². The van der Waals surface area contributed by atoms with Crippen molar-refractivity contribution < 1.29 is 17.9 Å². The first-order valence-electron chi connectivity index (χ1n) is 7.65. The van der Waals surface area contributed by atoms with Crippen molar-refractivity contribution in [2.45, 2.75) is 32.2 Å². The van der Waals surface area contributed by atoms with Crippen LogP contribution in [0.15, 0.2) is 35.2 Å². The topological polar surface area (TPSA) is 77.4 Å². The molecule has 130 valence electrons. The van der Waals surface area contributed by atoms with Crippen molar-refractivity contribution in [3.05, 3.63) is 52.8 Å². The molecule has 0 aliphatic heterocycles. The van der Waals surface area contributed by atoms with E-state index in [0.717, 1.165) is 11.1 Å². The highest BCUT2D eigenvalue weighted by Gasteiger charge is 2.24. The van der Waals surface area contributed by atoms with E-state index in [-0.39, 0.29) is 23.7 Å². The number of hydrogen-bond acceptors (Lipinski definition) is 4. The molecule has 1 N–H and O–H groups in total. The molecule has 0 atom stereocenters. The smallest absolute Gasteiger partial charge is 0.354 e. The fourth-order valence-corrected chi connectivity index (χ4v) is 3.70. The molecule has 7 heteroatoms. The fraction of sp³-hybridized carbons (Fsp3) is 0.353. The molecule has 0 saturated carbocycles. The number of aryl methyl sites for hydroxylation is 1. The first-order chi connectivity index (χ1) is 11.3. The van der Waals surface area contributed by atoms with Crippen LogP contribution in [-0.2, 0) is 28.4 Å². The van der Waals surface area contributed by atoms with Crippen molar-refractivity contribution in [1.29, 1.82) is 0 Å². The normalized spacial score (nSPS) is 11.5. The summed E-state index contributed by atoms with van der Waals surface area (Å²) in [4.78, 5) is 12.0. The van der Waals surface area contributed by atoms with Crippen LogP contribution in [-0.4, -0.2) is 25.6 Å². The van der Waals surface area contributed by atoms with Gasteiger partial charge in [0.05, 0.1) is 6.61 Å². The summed E-state index contributed by atoms with van der Waals surface area (Å²) < 4.78 is 34.3. The summed E-state index contributed by atoms with van der Waals surface area (Å²) in [5.74, 6) is -0.538. The van der Waals surface area contributed by atoms with Crippen LogP contribution in [0.1, 0.15) is 34.2 Å². The predicted octanol–water partition coefficient (Wildman–Crippen LogP) is 2.30. The van der Waals surface area contributed by atoms with Crippen molar-refractivity contribution in [3.8, 4) is 0 Å². The van der Waals surface area contributed by atoms with Crippen LogP contribution in [0, 0.1) is 13.8 Å². The number of hydrogen-bond donors (Lipinski definition) is 1. The lowest BCUT2D eigenvalue weighted by Crippen LogP contribution is -2.24. The van der Waals surface area contributed by atoms with Gasteiger partial charge < -0.3 is 9.30 Å². The van der Waals surface area contributed by atoms with Gasteiger partial charge in [0.1, 0.15) is 10.6 Å². The van der Waals surface area contributed by atoms with Gasteiger partial charge >= 0.3 is 5.97 Å². The van der Waals surface area contributed by atoms with Gasteiger partial charge in [-0.25, -0.2) is 17.9 Å². The van der Waals surface area contributed by atoms with E-state index < -0.39 is 16.0 Å².